The first kappa shape index (κ1) is 17.0. The molecule has 2 aromatic rings. The molecule has 0 aliphatic rings. The Kier molecular flexibility index (Phi) is 5.74. The first-order valence-electron chi connectivity index (χ1n) is 7.78. The number of hydrogen-bond donors (Lipinski definition) is 1. The van der Waals surface area contributed by atoms with Crippen LogP contribution in [-0.2, 0) is 4.79 Å². The van der Waals surface area contributed by atoms with Gasteiger partial charge < -0.3 is 10.1 Å². The maximum absolute atomic E-state index is 13.0. The zero-order chi connectivity index (χ0) is 16.8. The van der Waals surface area contributed by atoms with Gasteiger partial charge in [0.1, 0.15) is 11.6 Å². The van der Waals surface area contributed by atoms with Gasteiger partial charge in [-0.15, -0.1) is 0 Å². The highest BCUT2D eigenvalue weighted by Gasteiger charge is 2.20. The van der Waals surface area contributed by atoms with Crippen molar-refractivity contribution < 1.29 is 13.9 Å². The van der Waals surface area contributed by atoms with Gasteiger partial charge in [-0.3, -0.25) is 4.79 Å². The van der Waals surface area contributed by atoms with E-state index in [1.165, 1.54) is 12.1 Å². The molecule has 0 heterocycles. The van der Waals surface area contributed by atoms with E-state index >= 15 is 0 Å². The minimum Gasteiger partial charge on any atom is -0.481 e. The number of benzene rings is 2. The first-order chi connectivity index (χ1) is 11.0. The highest BCUT2D eigenvalue weighted by molar-refractivity contribution is 5.81. The van der Waals surface area contributed by atoms with Gasteiger partial charge in [-0.1, -0.05) is 36.8 Å². The summed E-state index contributed by atoms with van der Waals surface area (Å²) in [5, 5.41) is 2.91. The van der Waals surface area contributed by atoms with E-state index in [-0.39, 0.29) is 17.8 Å². The zero-order valence-electron chi connectivity index (χ0n) is 13.7. The molecule has 2 aromatic carbocycles. The summed E-state index contributed by atoms with van der Waals surface area (Å²) in [4.78, 5) is 12.4. The second-order valence-electron chi connectivity index (χ2n) is 5.61. The van der Waals surface area contributed by atoms with E-state index in [1.807, 2.05) is 45.0 Å². The third kappa shape index (κ3) is 4.81. The molecule has 0 fully saturated rings. The number of ether oxygens (including phenoxy) is 1. The van der Waals surface area contributed by atoms with Crippen LogP contribution in [0.2, 0.25) is 0 Å². The van der Waals surface area contributed by atoms with Crippen LogP contribution in [0, 0.1) is 12.7 Å². The standard InChI is InChI=1S/C19H22FNO2/c1-4-18(23-17-11-5-13(2)6-12-17)19(22)21-14(3)15-7-9-16(20)10-8-15/h5-12,14,18H,4H2,1-3H3,(H,21,22). The molecular weight excluding hydrogens is 293 g/mol. The third-order valence-corrected chi connectivity index (χ3v) is 3.69. The summed E-state index contributed by atoms with van der Waals surface area (Å²) >= 11 is 0. The molecule has 23 heavy (non-hydrogen) atoms. The summed E-state index contributed by atoms with van der Waals surface area (Å²) in [5.74, 6) is 0.207. The molecule has 1 N–H and O–H groups in total. The monoisotopic (exact) mass is 315 g/mol. The van der Waals surface area contributed by atoms with Gasteiger partial charge in [0.2, 0.25) is 0 Å². The molecule has 0 bridgehead atoms. The van der Waals surface area contributed by atoms with Crippen molar-refractivity contribution in [2.24, 2.45) is 0 Å². The van der Waals surface area contributed by atoms with E-state index in [0.29, 0.717) is 12.2 Å². The van der Waals surface area contributed by atoms with Crippen molar-refractivity contribution >= 4 is 5.91 Å². The van der Waals surface area contributed by atoms with E-state index in [0.717, 1.165) is 11.1 Å². The van der Waals surface area contributed by atoms with Crippen molar-refractivity contribution in [3.8, 4) is 5.75 Å². The summed E-state index contributed by atoms with van der Waals surface area (Å²) < 4.78 is 18.7. The predicted octanol–water partition coefficient (Wildman–Crippen LogP) is 4.17. The smallest absolute Gasteiger partial charge is 0.261 e. The number of carbonyl (C=O) groups excluding carboxylic acids is 1. The molecule has 2 unspecified atom stereocenters. The number of halogens is 1. The molecule has 0 aliphatic heterocycles. The molecule has 0 saturated carbocycles. The van der Waals surface area contributed by atoms with Crippen LogP contribution in [0.15, 0.2) is 48.5 Å². The van der Waals surface area contributed by atoms with Gasteiger partial charge in [0.05, 0.1) is 6.04 Å². The number of aryl methyl sites for hydroxylation is 1. The topological polar surface area (TPSA) is 38.3 Å². The Bertz CT molecular complexity index is 637. The Hall–Kier alpha value is -2.36. The molecule has 0 saturated heterocycles. The van der Waals surface area contributed by atoms with Gasteiger partial charge in [-0.05, 0) is 50.1 Å². The van der Waals surface area contributed by atoms with E-state index in [9.17, 15) is 9.18 Å². The number of amides is 1. The molecule has 0 aromatic heterocycles. The van der Waals surface area contributed by atoms with Crippen molar-refractivity contribution in [1.29, 1.82) is 0 Å². The highest BCUT2D eigenvalue weighted by Crippen LogP contribution is 2.17. The SMILES string of the molecule is CCC(Oc1ccc(C)cc1)C(=O)NC(C)c1ccc(F)cc1. The lowest BCUT2D eigenvalue weighted by Crippen LogP contribution is -2.39. The summed E-state index contributed by atoms with van der Waals surface area (Å²) in [6.45, 7) is 5.77. The average molecular weight is 315 g/mol. The Morgan fingerprint density at radius 3 is 2.30 bits per heavy atom. The van der Waals surface area contributed by atoms with Gasteiger partial charge in [-0.25, -0.2) is 4.39 Å². The zero-order valence-corrected chi connectivity index (χ0v) is 13.7. The van der Waals surface area contributed by atoms with E-state index in [2.05, 4.69) is 5.32 Å². The van der Waals surface area contributed by atoms with E-state index in [4.69, 9.17) is 4.74 Å². The Morgan fingerprint density at radius 2 is 1.74 bits per heavy atom. The fourth-order valence-corrected chi connectivity index (χ4v) is 2.24. The average Bonchev–Trinajstić information content (AvgIpc) is 2.54. The molecular formula is C19H22FNO2. The Balaban J connectivity index is 1.99. The van der Waals surface area contributed by atoms with Crippen LogP contribution in [0.4, 0.5) is 4.39 Å². The Morgan fingerprint density at radius 1 is 1.13 bits per heavy atom. The Labute approximate surface area is 136 Å². The molecule has 4 heteroatoms. The molecule has 1 amide bonds. The fourth-order valence-electron chi connectivity index (χ4n) is 2.24. The molecule has 0 radical (unpaired) electrons. The third-order valence-electron chi connectivity index (χ3n) is 3.69. The second kappa shape index (κ2) is 7.77. The number of nitrogens with one attached hydrogen (secondary N) is 1. The van der Waals surface area contributed by atoms with Crippen molar-refractivity contribution in [3.05, 3.63) is 65.5 Å². The summed E-state index contributed by atoms with van der Waals surface area (Å²) in [6, 6.07) is 13.5. The van der Waals surface area contributed by atoms with Crippen LogP contribution in [0.25, 0.3) is 0 Å². The van der Waals surface area contributed by atoms with Gasteiger partial charge in [0.15, 0.2) is 6.10 Å². The van der Waals surface area contributed by atoms with Gasteiger partial charge in [-0.2, -0.15) is 0 Å². The summed E-state index contributed by atoms with van der Waals surface area (Å²) in [6.07, 6.45) is 0.0103. The van der Waals surface area contributed by atoms with Crippen molar-refractivity contribution in [2.45, 2.75) is 39.3 Å². The van der Waals surface area contributed by atoms with Crippen LogP contribution in [0.3, 0.4) is 0 Å². The van der Waals surface area contributed by atoms with Crippen LogP contribution in [-0.4, -0.2) is 12.0 Å². The molecule has 3 nitrogen and oxygen atoms in total. The number of rotatable bonds is 6. The minimum atomic E-state index is -0.555. The summed E-state index contributed by atoms with van der Waals surface area (Å²) in [7, 11) is 0. The van der Waals surface area contributed by atoms with Gasteiger partial charge in [0.25, 0.3) is 5.91 Å². The molecule has 2 rings (SSSR count). The minimum absolute atomic E-state index is 0.176. The molecule has 2 atom stereocenters. The maximum atomic E-state index is 13.0. The van der Waals surface area contributed by atoms with Crippen molar-refractivity contribution in [1.82, 2.24) is 5.32 Å². The number of carbonyl (C=O) groups is 1. The molecule has 0 spiro atoms. The van der Waals surface area contributed by atoms with Crippen LogP contribution in [0.5, 0.6) is 5.75 Å². The lowest BCUT2D eigenvalue weighted by atomic mass is 10.1. The largest absolute Gasteiger partial charge is 0.481 e. The van der Waals surface area contributed by atoms with Gasteiger partial charge in [0, 0.05) is 0 Å². The van der Waals surface area contributed by atoms with Crippen molar-refractivity contribution in [3.63, 3.8) is 0 Å². The van der Waals surface area contributed by atoms with Crippen LogP contribution >= 0.6 is 0 Å². The van der Waals surface area contributed by atoms with Gasteiger partial charge >= 0.3 is 0 Å². The predicted molar refractivity (Wildman–Crippen MR) is 88.8 cm³/mol. The maximum Gasteiger partial charge on any atom is 0.261 e. The molecule has 0 aliphatic carbocycles. The quantitative estimate of drug-likeness (QED) is 0.869. The lowest BCUT2D eigenvalue weighted by molar-refractivity contribution is -0.128. The second-order valence-corrected chi connectivity index (χ2v) is 5.61. The fraction of sp³-hybridized carbons (Fsp3) is 0.316. The van der Waals surface area contributed by atoms with Crippen molar-refractivity contribution in [2.75, 3.05) is 0 Å². The van der Waals surface area contributed by atoms with E-state index in [1.54, 1.807) is 12.1 Å². The van der Waals surface area contributed by atoms with E-state index < -0.39 is 6.10 Å². The number of hydrogen-bond acceptors (Lipinski definition) is 2. The normalized spacial score (nSPS) is 13.2. The molecule has 122 valence electrons. The first-order valence-corrected chi connectivity index (χ1v) is 7.78. The highest BCUT2D eigenvalue weighted by atomic mass is 19.1. The lowest BCUT2D eigenvalue weighted by Gasteiger charge is -2.21. The summed E-state index contributed by atoms with van der Waals surface area (Å²) in [5.41, 5.74) is 1.99. The van der Waals surface area contributed by atoms with Crippen LogP contribution < -0.4 is 10.1 Å². The van der Waals surface area contributed by atoms with Crippen LogP contribution in [0.1, 0.15) is 37.4 Å².